The van der Waals surface area contributed by atoms with Crippen LogP contribution in [0.4, 0.5) is 0 Å². The summed E-state index contributed by atoms with van der Waals surface area (Å²) < 4.78 is 10.9. The highest BCUT2D eigenvalue weighted by Crippen LogP contribution is 2.41. The van der Waals surface area contributed by atoms with E-state index in [1.807, 2.05) is 67.6 Å². The van der Waals surface area contributed by atoms with E-state index < -0.39 is 5.92 Å². The lowest BCUT2D eigenvalue weighted by Gasteiger charge is -2.11. The number of carbonyl (C=O) groups excluding carboxylic acids is 1. The topological polar surface area (TPSA) is 35.5 Å². The first-order valence-electron chi connectivity index (χ1n) is 7.00. The molecule has 2 aromatic carbocycles. The van der Waals surface area contributed by atoms with Gasteiger partial charge in [0.25, 0.3) is 5.95 Å². The molecule has 1 heterocycles. The molecular weight excluding hydrogens is 264 g/mol. The molecule has 2 aromatic rings. The van der Waals surface area contributed by atoms with Crippen LogP contribution in [-0.2, 0) is 14.3 Å². The van der Waals surface area contributed by atoms with Crippen LogP contribution in [0, 0.1) is 0 Å². The average molecular weight is 280 g/mol. The molecule has 0 saturated heterocycles. The molecule has 0 saturated carbocycles. The van der Waals surface area contributed by atoms with Crippen LogP contribution >= 0.6 is 0 Å². The van der Waals surface area contributed by atoms with Crippen molar-refractivity contribution in [1.82, 2.24) is 0 Å². The van der Waals surface area contributed by atoms with Gasteiger partial charge in [0.1, 0.15) is 5.92 Å². The second kappa shape index (κ2) is 5.83. The Morgan fingerprint density at radius 2 is 1.62 bits per heavy atom. The Morgan fingerprint density at radius 3 is 2.24 bits per heavy atom. The van der Waals surface area contributed by atoms with Crippen molar-refractivity contribution >= 4 is 11.5 Å². The minimum Gasteiger partial charge on any atom is -0.465 e. The van der Waals surface area contributed by atoms with Gasteiger partial charge in [-0.1, -0.05) is 60.7 Å². The van der Waals surface area contributed by atoms with Crippen molar-refractivity contribution in [3.05, 3.63) is 77.7 Å². The van der Waals surface area contributed by atoms with Crippen LogP contribution < -0.4 is 0 Å². The summed E-state index contributed by atoms with van der Waals surface area (Å²) in [6, 6.07) is 19.4. The number of ether oxygens (including phenoxy) is 2. The lowest BCUT2D eigenvalue weighted by Crippen LogP contribution is -2.09. The number of cyclic esters (lactones) is 1. The smallest absolute Gasteiger partial charge is 0.326 e. The fourth-order valence-corrected chi connectivity index (χ4v) is 2.53. The van der Waals surface area contributed by atoms with E-state index in [1.165, 1.54) is 0 Å². The van der Waals surface area contributed by atoms with Crippen LogP contribution in [0.3, 0.4) is 0 Å². The summed E-state index contributed by atoms with van der Waals surface area (Å²) in [6.07, 6.45) is 0. The summed E-state index contributed by atoms with van der Waals surface area (Å²) >= 11 is 0. The van der Waals surface area contributed by atoms with Gasteiger partial charge >= 0.3 is 5.97 Å². The van der Waals surface area contributed by atoms with E-state index in [-0.39, 0.29) is 5.97 Å². The highest BCUT2D eigenvalue weighted by molar-refractivity contribution is 5.99. The zero-order chi connectivity index (χ0) is 14.7. The molecule has 0 fully saturated rings. The van der Waals surface area contributed by atoms with Gasteiger partial charge in [-0.15, -0.1) is 0 Å². The lowest BCUT2D eigenvalue weighted by atomic mass is 9.88. The molecule has 0 radical (unpaired) electrons. The van der Waals surface area contributed by atoms with Gasteiger partial charge in [0.15, 0.2) is 0 Å². The van der Waals surface area contributed by atoms with E-state index in [9.17, 15) is 4.79 Å². The highest BCUT2D eigenvalue weighted by atomic mass is 16.7. The van der Waals surface area contributed by atoms with Gasteiger partial charge in [-0.2, -0.15) is 0 Å². The summed E-state index contributed by atoms with van der Waals surface area (Å²) in [7, 11) is 0. The summed E-state index contributed by atoms with van der Waals surface area (Å²) in [5.41, 5.74) is 2.66. The Morgan fingerprint density at radius 1 is 1.00 bits per heavy atom. The molecule has 0 spiro atoms. The average Bonchev–Trinajstić information content (AvgIpc) is 2.86. The third kappa shape index (κ3) is 2.55. The molecule has 1 unspecified atom stereocenters. The molecule has 3 heteroatoms. The quantitative estimate of drug-likeness (QED) is 0.800. The van der Waals surface area contributed by atoms with Crippen molar-refractivity contribution in [3.63, 3.8) is 0 Å². The lowest BCUT2D eigenvalue weighted by molar-refractivity contribution is -0.142. The van der Waals surface area contributed by atoms with Crippen LogP contribution in [0.25, 0.3) is 5.57 Å². The number of benzene rings is 2. The monoisotopic (exact) mass is 280 g/mol. The van der Waals surface area contributed by atoms with Crippen LogP contribution in [0.1, 0.15) is 24.0 Å². The first-order valence-corrected chi connectivity index (χ1v) is 7.00. The minimum atomic E-state index is -0.435. The standard InChI is InChI=1S/C18H16O3/c1-2-20-18-16(14-11-7-4-8-12-14)15(17(19)21-18)13-9-5-3-6-10-13/h3-12,15H,2H2,1H3. The van der Waals surface area contributed by atoms with Crippen molar-refractivity contribution in [2.45, 2.75) is 12.8 Å². The minimum absolute atomic E-state index is 0.288. The summed E-state index contributed by atoms with van der Waals surface area (Å²) in [4.78, 5) is 12.3. The van der Waals surface area contributed by atoms with E-state index in [0.717, 1.165) is 16.7 Å². The predicted molar refractivity (Wildman–Crippen MR) is 80.3 cm³/mol. The molecule has 3 nitrogen and oxygen atoms in total. The van der Waals surface area contributed by atoms with Crippen LogP contribution in [0.2, 0.25) is 0 Å². The van der Waals surface area contributed by atoms with Gasteiger partial charge in [-0.3, -0.25) is 4.79 Å². The number of esters is 1. The molecule has 0 aromatic heterocycles. The Balaban J connectivity index is 2.11. The first kappa shape index (κ1) is 13.4. The van der Waals surface area contributed by atoms with E-state index in [2.05, 4.69) is 0 Å². The Labute approximate surface area is 123 Å². The molecule has 0 bridgehead atoms. The summed E-state index contributed by atoms with van der Waals surface area (Å²) in [5, 5.41) is 0. The number of hydrogen-bond acceptors (Lipinski definition) is 3. The van der Waals surface area contributed by atoms with Crippen LogP contribution in [0.15, 0.2) is 66.6 Å². The largest absolute Gasteiger partial charge is 0.465 e. The normalized spacial score (nSPS) is 17.8. The molecule has 1 aliphatic rings. The van der Waals surface area contributed by atoms with Crippen molar-refractivity contribution in [2.24, 2.45) is 0 Å². The fourth-order valence-electron chi connectivity index (χ4n) is 2.53. The Bertz CT molecular complexity index is 659. The molecular formula is C18H16O3. The summed E-state index contributed by atoms with van der Waals surface area (Å²) in [5.74, 6) is -0.402. The van der Waals surface area contributed by atoms with Crippen molar-refractivity contribution in [2.75, 3.05) is 6.61 Å². The summed E-state index contributed by atoms with van der Waals surface area (Å²) in [6.45, 7) is 2.33. The third-order valence-electron chi connectivity index (χ3n) is 3.43. The van der Waals surface area contributed by atoms with Gasteiger partial charge in [-0.25, -0.2) is 0 Å². The van der Waals surface area contributed by atoms with Crippen LogP contribution in [-0.4, -0.2) is 12.6 Å². The SMILES string of the molecule is CCOC1=C(c2ccccc2)C(c2ccccc2)C(=O)O1. The number of rotatable bonds is 4. The molecule has 0 aliphatic carbocycles. The van der Waals surface area contributed by atoms with Crippen molar-refractivity contribution in [3.8, 4) is 0 Å². The maximum Gasteiger partial charge on any atom is 0.326 e. The van der Waals surface area contributed by atoms with Crippen LogP contribution in [0.5, 0.6) is 0 Å². The molecule has 106 valence electrons. The van der Waals surface area contributed by atoms with E-state index >= 15 is 0 Å². The maximum atomic E-state index is 12.3. The zero-order valence-electron chi connectivity index (χ0n) is 11.8. The fraction of sp³-hybridized carbons (Fsp3) is 0.167. The third-order valence-corrected chi connectivity index (χ3v) is 3.43. The highest BCUT2D eigenvalue weighted by Gasteiger charge is 2.39. The van der Waals surface area contributed by atoms with Gasteiger partial charge in [0.05, 0.1) is 12.2 Å². The van der Waals surface area contributed by atoms with Gasteiger partial charge in [-0.05, 0) is 18.1 Å². The number of hydrogen-bond donors (Lipinski definition) is 0. The molecule has 21 heavy (non-hydrogen) atoms. The van der Waals surface area contributed by atoms with E-state index in [0.29, 0.717) is 12.6 Å². The van der Waals surface area contributed by atoms with Gasteiger partial charge in [0, 0.05) is 0 Å². The second-order valence-corrected chi connectivity index (χ2v) is 4.76. The Hall–Kier alpha value is -2.55. The molecule has 1 aliphatic heterocycles. The van der Waals surface area contributed by atoms with Gasteiger partial charge in [0.2, 0.25) is 0 Å². The molecule has 0 amide bonds. The van der Waals surface area contributed by atoms with Crippen molar-refractivity contribution in [1.29, 1.82) is 0 Å². The van der Waals surface area contributed by atoms with Crippen molar-refractivity contribution < 1.29 is 14.3 Å². The number of carbonyl (C=O) groups is 1. The first-order chi connectivity index (χ1) is 10.3. The Kier molecular flexibility index (Phi) is 3.73. The predicted octanol–water partition coefficient (Wildman–Crippen LogP) is 3.73. The van der Waals surface area contributed by atoms with Gasteiger partial charge < -0.3 is 9.47 Å². The van der Waals surface area contributed by atoms with E-state index in [4.69, 9.17) is 9.47 Å². The van der Waals surface area contributed by atoms with E-state index in [1.54, 1.807) is 0 Å². The maximum absolute atomic E-state index is 12.3. The molecule has 3 rings (SSSR count). The zero-order valence-corrected chi connectivity index (χ0v) is 11.8. The molecule has 0 N–H and O–H groups in total. The molecule has 1 atom stereocenters. The second-order valence-electron chi connectivity index (χ2n) is 4.76.